The van der Waals surface area contributed by atoms with Gasteiger partial charge in [0.05, 0.1) is 5.71 Å². The molecule has 0 unspecified atom stereocenters. The highest BCUT2D eigenvalue weighted by Crippen LogP contribution is 2.21. The third-order valence-electron chi connectivity index (χ3n) is 2.99. The van der Waals surface area contributed by atoms with Crippen LogP contribution in [-0.4, -0.2) is 12.3 Å². The van der Waals surface area contributed by atoms with Gasteiger partial charge in [-0.3, -0.25) is 0 Å². The molecule has 0 radical (unpaired) electrons. The summed E-state index contributed by atoms with van der Waals surface area (Å²) in [4.78, 5) is 5.25. The van der Waals surface area contributed by atoms with Gasteiger partial charge in [-0.25, -0.2) is 0 Å². The van der Waals surface area contributed by atoms with Crippen LogP contribution in [-0.2, 0) is 4.84 Å². The van der Waals surface area contributed by atoms with Crippen LogP contribution in [0, 0.1) is 0 Å². The monoisotopic (exact) mass is 193 g/mol. The van der Waals surface area contributed by atoms with Gasteiger partial charge in [-0.1, -0.05) is 17.7 Å². The lowest BCUT2D eigenvalue weighted by Gasteiger charge is -2.05. The summed E-state index contributed by atoms with van der Waals surface area (Å²) in [6.07, 6.45) is 12.4. The number of oxime groups is 1. The number of rotatable bonds is 1. The fraction of sp³-hybridized carbons (Fsp3) is 0.750. The molecule has 0 N–H and O–H groups in total. The lowest BCUT2D eigenvalue weighted by Crippen LogP contribution is -2.02. The minimum atomic E-state index is 0.802. The van der Waals surface area contributed by atoms with E-state index in [0.717, 1.165) is 19.4 Å². The summed E-state index contributed by atoms with van der Waals surface area (Å²) < 4.78 is 0. The van der Waals surface area contributed by atoms with Crippen molar-refractivity contribution in [3.8, 4) is 0 Å². The van der Waals surface area contributed by atoms with Gasteiger partial charge in [0, 0.05) is 0 Å². The molecule has 2 nitrogen and oxygen atoms in total. The Kier molecular flexibility index (Phi) is 3.61. The van der Waals surface area contributed by atoms with Gasteiger partial charge in [0.2, 0.25) is 0 Å². The maximum absolute atomic E-state index is 5.25. The molecule has 0 saturated carbocycles. The minimum absolute atomic E-state index is 0.802. The van der Waals surface area contributed by atoms with Gasteiger partial charge in [0.1, 0.15) is 6.61 Å². The molecule has 2 heteroatoms. The maximum Gasteiger partial charge on any atom is 0.117 e. The Morgan fingerprint density at radius 2 is 1.93 bits per heavy atom. The number of hydrogen-bond acceptors (Lipinski definition) is 2. The largest absolute Gasteiger partial charge is 0.396 e. The highest BCUT2D eigenvalue weighted by atomic mass is 16.6. The molecular formula is C12H19NO. The smallest absolute Gasteiger partial charge is 0.117 e. The summed E-state index contributed by atoms with van der Waals surface area (Å²) in [5.41, 5.74) is 2.69. The molecule has 0 fully saturated rings. The van der Waals surface area contributed by atoms with Crippen LogP contribution in [0.15, 0.2) is 16.8 Å². The Morgan fingerprint density at radius 3 is 2.93 bits per heavy atom. The van der Waals surface area contributed by atoms with Crippen molar-refractivity contribution in [2.24, 2.45) is 5.16 Å². The van der Waals surface area contributed by atoms with Crippen molar-refractivity contribution in [2.45, 2.75) is 51.4 Å². The molecule has 2 aliphatic rings. The Balaban J connectivity index is 2.03. The molecule has 1 heterocycles. The second-order valence-electron chi connectivity index (χ2n) is 4.16. The zero-order valence-electron chi connectivity index (χ0n) is 8.80. The Hall–Kier alpha value is -0.790. The Morgan fingerprint density at radius 1 is 1.00 bits per heavy atom. The maximum atomic E-state index is 5.25. The molecule has 1 aliphatic heterocycles. The van der Waals surface area contributed by atoms with E-state index in [9.17, 15) is 0 Å². The van der Waals surface area contributed by atoms with Crippen LogP contribution < -0.4 is 0 Å². The van der Waals surface area contributed by atoms with Gasteiger partial charge in [-0.15, -0.1) is 0 Å². The first-order valence-electron chi connectivity index (χ1n) is 5.85. The second-order valence-corrected chi connectivity index (χ2v) is 4.16. The highest BCUT2D eigenvalue weighted by molar-refractivity contribution is 5.99. The SMILES string of the molecule is C1=C(C2=NOCCCC2)CCCCC1. The predicted octanol–water partition coefficient (Wildman–Crippen LogP) is 3.43. The minimum Gasteiger partial charge on any atom is -0.396 e. The zero-order chi connectivity index (χ0) is 9.64. The van der Waals surface area contributed by atoms with Crippen LogP contribution in [0.1, 0.15) is 51.4 Å². The fourth-order valence-electron chi connectivity index (χ4n) is 2.12. The Labute approximate surface area is 86.0 Å². The lowest BCUT2D eigenvalue weighted by molar-refractivity contribution is 0.146. The zero-order valence-corrected chi connectivity index (χ0v) is 8.80. The molecule has 0 atom stereocenters. The van der Waals surface area contributed by atoms with Crippen LogP contribution in [0.2, 0.25) is 0 Å². The molecule has 0 aromatic rings. The summed E-state index contributed by atoms with van der Waals surface area (Å²) in [7, 11) is 0. The fourth-order valence-corrected chi connectivity index (χ4v) is 2.12. The van der Waals surface area contributed by atoms with Crippen LogP contribution in [0.25, 0.3) is 0 Å². The van der Waals surface area contributed by atoms with Crippen molar-refractivity contribution in [3.05, 3.63) is 11.6 Å². The highest BCUT2D eigenvalue weighted by Gasteiger charge is 2.12. The third-order valence-corrected chi connectivity index (χ3v) is 2.99. The molecule has 0 amide bonds. The average molecular weight is 193 g/mol. The summed E-state index contributed by atoms with van der Waals surface area (Å²) in [5, 5.41) is 4.24. The molecule has 0 bridgehead atoms. The lowest BCUT2D eigenvalue weighted by atomic mass is 10.0. The van der Waals surface area contributed by atoms with Crippen molar-refractivity contribution >= 4 is 5.71 Å². The first-order valence-corrected chi connectivity index (χ1v) is 5.85. The molecule has 2 rings (SSSR count). The molecular weight excluding hydrogens is 174 g/mol. The van der Waals surface area contributed by atoms with Crippen molar-refractivity contribution in [3.63, 3.8) is 0 Å². The summed E-state index contributed by atoms with van der Waals surface area (Å²) in [5.74, 6) is 0. The van der Waals surface area contributed by atoms with Crippen molar-refractivity contribution in [1.29, 1.82) is 0 Å². The van der Waals surface area contributed by atoms with Gasteiger partial charge < -0.3 is 4.84 Å². The molecule has 78 valence electrons. The van der Waals surface area contributed by atoms with E-state index >= 15 is 0 Å². The third kappa shape index (κ3) is 2.60. The Bertz CT molecular complexity index is 217. The van der Waals surface area contributed by atoms with Crippen LogP contribution in [0.4, 0.5) is 0 Å². The number of nitrogens with zero attached hydrogens (tertiary/aromatic N) is 1. The van der Waals surface area contributed by atoms with Gasteiger partial charge in [-0.05, 0) is 50.5 Å². The van der Waals surface area contributed by atoms with E-state index < -0.39 is 0 Å². The van der Waals surface area contributed by atoms with Crippen LogP contribution in [0.3, 0.4) is 0 Å². The molecule has 0 saturated heterocycles. The molecule has 1 aliphatic carbocycles. The predicted molar refractivity (Wildman–Crippen MR) is 58.4 cm³/mol. The topological polar surface area (TPSA) is 21.6 Å². The molecule has 14 heavy (non-hydrogen) atoms. The van der Waals surface area contributed by atoms with E-state index in [2.05, 4.69) is 11.2 Å². The first-order chi connectivity index (χ1) is 6.97. The van der Waals surface area contributed by atoms with Crippen molar-refractivity contribution < 1.29 is 4.84 Å². The summed E-state index contributed by atoms with van der Waals surface area (Å²) in [6.45, 7) is 0.802. The van der Waals surface area contributed by atoms with Gasteiger partial charge >= 0.3 is 0 Å². The quantitative estimate of drug-likeness (QED) is 0.625. The van der Waals surface area contributed by atoms with Crippen LogP contribution >= 0.6 is 0 Å². The van der Waals surface area contributed by atoms with E-state index in [1.807, 2.05) is 0 Å². The second kappa shape index (κ2) is 5.18. The van der Waals surface area contributed by atoms with E-state index in [0.29, 0.717) is 0 Å². The van der Waals surface area contributed by atoms with Gasteiger partial charge in [0.15, 0.2) is 0 Å². The standard InChI is InChI=1S/C12H19NO/c1-2-4-8-11(7-3-1)12-9-5-6-10-14-13-12/h7H,1-6,8-10H2. The molecule has 0 aromatic heterocycles. The summed E-state index contributed by atoms with van der Waals surface area (Å²) >= 11 is 0. The van der Waals surface area contributed by atoms with Crippen LogP contribution in [0.5, 0.6) is 0 Å². The van der Waals surface area contributed by atoms with Crippen molar-refractivity contribution in [1.82, 2.24) is 0 Å². The molecule has 0 spiro atoms. The first kappa shape index (κ1) is 9.75. The van der Waals surface area contributed by atoms with E-state index in [4.69, 9.17) is 4.84 Å². The average Bonchev–Trinajstić information content (AvgIpc) is 2.62. The normalized spacial score (nSPS) is 24.0. The number of allylic oxidation sites excluding steroid dienone is 2. The van der Waals surface area contributed by atoms with Crippen molar-refractivity contribution in [2.75, 3.05) is 6.61 Å². The van der Waals surface area contributed by atoms with Gasteiger partial charge in [-0.2, -0.15) is 0 Å². The number of hydrogen-bond donors (Lipinski definition) is 0. The van der Waals surface area contributed by atoms with E-state index in [-0.39, 0.29) is 0 Å². The van der Waals surface area contributed by atoms with Gasteiger partial charge in [0.25, 0.3) is 0 Å². The van der Waals surface area contributed by atoms with E-state index in [1.54, 1.807) is 0 Å². The molecule has 0 aromatic carbocycles. The van der Waals surface area contributed by atoms with E-state index in [1.165, 1.54) is 49.8 Å². The summed E-state index contributed by atoms with van der Waals surface area (Å²) in [6, 6.07) is 0.